The predicted octanol–water partition coefficient (Wildman–Crippen LogP) is 12.9. The van der Waals surface area contributed by atoms with Crippen molar-refractivity contribution in [3.63, 3.8) is 0 Å². The topological polar surface area (TPSA) is 89.9 Å². The molecule has 0 saturated carbocycles. The maximum Gasteiger partial charge on any atom is 0.311 e. The third kappa shape index (κ3) is 19.7. The first-order chi connectivity index (χ1) is 24.4. The fourth-order valence-electron chi connectivity index (χ4n) is 6.22. The summed E-state index contributed by atoms with van der Waals surface area (Å²) < 4.78 is 11.4. The van der Waals surface area contributed by atoms with Gasteiger partial charge in [0.25, 0.3) is 0 Å². The summed E-state index contributed by atoms with van der Waals surface area (Å²) in [5, 5.41) is 9.88. The summed E-state index contributed by atoms with van der Waals surface area (Å²) in [7, 11) is 0. The number of carboxylic acid groups (broad SMARTS) is 1. The van der Waals surface area contributed by atoms with E-state index in [1.54, 1.807) is 18.2 Å². The quantitative estimate of drug-likeness (QED) is 0.0395. The number of benzene rings is 2. The molecule has 0 bridgehead atoms. The van der Waals surface area contributed by atoms with Crippen LogP contribution >= 0.6 is 0 Å². The molecule has 6 heteroatoms. The van der Waals surface area contributed by atoms with Gasteiger partial charge in [-0.05, 0) is 48.1 Å². The lowest BCUT2D eigenvalue weighted by atomic mass is 9.92. The van der Waals surface area contributed by atoms with Crippen LogP contribution in [0.15, 0.2) is 42.5 Å². The number of carbonyl (C=O) groups excluding carboxylic acids is 2. The lowest BCUT2D eigenvalue weighted by Gasteiger charge is -2.13. The fraction of sp³-hybridized carbons (Fsp3) is 0.614. The third-order valence-electron chi connectivity index (χ3n) is 9.29. The van der Waals surface area contributed by atoms with Gasteiger partial charge >= 0.3 is 17.9 Å². The van der Waals surface area contributed by atoms with E-state index in [9.17, 15) is 19.5 Å². The average Bonchev–Trinajstić information content (AvgIpc) is 3.09. The van der Waals surface area contributed by atoms with Crippen LogP contribution in [-0.4, -0.2) is 23.0 Å². The Morgan fingerprint density at radius 3 is 1.38 bits per heavy atom. The molecule has 0 radical (unpaired) electrons. The minimum absolute atomic E-state index is 0.287. The molecular weight excluding hydrogens is 624 g/mol. The Morgan fingerprint density at radius 2 is 0.940 bits per heavy atom. The van der Waals surface area contributed by atoms with E-state index in [-0.39, 0.29) is 11.9 Å². The maximum atomic E-state index is 12.7. The molecule has 2 aromatic carbocycles. The van der Waals surface area contributed by atoms with Gasteiger partial charge in [0, 0.05) is 18.9 Å². The van der Waals surface area contributed by atoms with E-state index in [1.165, 1.54) is 70.6 Å². The number of aliphatic carboxylic acids is 1. The van der Waals surface area contributed by atoms with E-state index in [0.717, 1.165) is 74.5 Å². The first-order valence-corrected chi connectivity index (χ1v) is 19.9. The van der Waals surface area contributed by atoms with Gasteiger partial charge in [-0.3, -0.25) is 14.4 Å². The van der Waals surface area contributed by atoms with Crippen molar-refractivity contribution in [2.45, 2.75) is 174 Å². The van der Waals surface area contributed by atoms with Gasteiger partial charge < -0.3 is 14.6 Å². The van der Waals surface area contributed by atoms with Crippen molar-refractivity contribution >= 4 is 30.1 Å². The van der Waals surface area contributed by atoms with Crippen molar-refractivity contribution < 1.29 is 29.0 Å². The first kappa shape index (κ1) is 42.8. The highest BCUT2D eigenvalue weighted by atomic mass is 16.5. The van der Waals surface area contributed by atoms with Gasteiger partial charge in [0.2, 0.25) is 0 Å². The largest absolute Gasteiger partial charge is 0.481 e. The smallest absolute Gasteiger partial charge is 0.311 e. The zero-order chi connectivity index (χ0) is 36.2. The van der Waals surface area contributed by atoms with Crippen LogP contribution in [0.25, 0.3) is 12.2 Å². The molecule has 0 amide bonds. The number of carboxylic acids is 1. The molecule has 0 aliphatic heterocycles. The molecule has 0 aliphatic carbocycles. The second-order valence-electron chi connectivity index (χ2n) is 13.9. The van der Waals surface area contributed by atoms with Crippen molar-refractivity contribution in [1.29, 1.82) is 0 Å². The molecule has 50 heavy (non-hydrogen) atoms. The summed E-state index contributed by atoms with van der Waals surface area (Å²) in [6.45, 7) is 6.60. The molecule has 1 unspecified atom stereocenters. The van der Waals surface area contributed by atoms with Crippen molar-refractivity contribution in [1.82, 2.24) is 0 Å². The summed E-state index contributed by atoms with van der Waals surface area (Å²) in [6.07, 6.45) is 27.6. The molecular formula is C44H66O6. The van der Waals surface area contributed by atoms with Gasteiger partial charge in [-0.2, -0.15) is 0 Å². The van der Waals surface area contributed by atoms with E-state index in [4.69, 9.17) is 9.47 Å². The van der Waals surface area contributed by atoms with Crippen LogP contribution in [0.2, 0.25) is 0 Å². The van der Waals surface area contributed by atoms with Gasteiger partial charge in [0.15, 0.2) is 0 Å². The van der Waals surface area contributed by atoms with E-state index in [1.807, 2.05) is 36.4 Å². The van der Waals surface area contributed by atoms with Crippen LogP contribution in [0.1, 0.15) is 191 Å². The van der Waals surface area contributed by atoms with Crippen LogP contribution in [-0.2, 0) is 14.4 Å². The standard InChI is InChI=1S/C44H66O6/c1-4-7-10-13-16-19-22-25-42(45)49-39-33-37(34-40(35-39)50-43(46)26-23-20-17-14-11-8-5-2)28-27-36-29-31-38(32-30-36)41(44(47)48)24-21-18-15-12-9-6-3/h27-35,41H,4-26H2,1-3H3,(H,47,48)/b28-27+. The van der Waals surface area contributed by atoms with Crippen molar-refractivity contribution in [3.05, 3.63) is 59.2 Å². The highest BCUT2D eigenvalue weighted by Gasteiger charge is 2.19. The Morgan fingerprint density at radius 1 is 0.540 bits per heavy atom. The number of esters is 2. The van der Waals surface area contributed by atoms with Crippen LogP contribution in [0.3, 0.4) is 0 Å². The van der Waals surface area contributed by atoms with Crippen molar-refractivity contribution in [3.8, 4) is 11.5 Å². The van der Waals surface area contributed by atoms with Crippen molar-refractivity contribution in [2.75, 3.05) is 0 Å². The maximum absolute atomic E-state index is 12.7. The number of carbonyl (C=O) groups is 3. The number of ether oxygens (including phenoxy) is 2. The van der Waals surface area contributed by atoms with E-state index in [2.05, 4.69) is 20.8 Å². The highest BCUT2D eigenvalue weighted by molar-refractivity contribution is 5.78. The normalized spacial score (nSPS) is 11.9. The Labute approximate surface area is 303 Å². The number of hydrogen-bond donors (Lipinski definition) is 1. The predicted molar refractivity (Wildman–Crippen MR) is 207 cm³/mol. The van der Waals surface area contributed by atoms with Crippen LogP contribution < -0.4 is 9.47 Å². The molecule has 2 rings (SSSR count). The van der Waals surface area contributed by atoms with Crippen LogP contribution in [0, 0.1) is 0 Å². The number of unbranched alkanes of at least 4 members (excludes halogenated alkanes) is 17. The molecule has 0 fully saturated rings. The Bertz CT molecular complexity index is 1200. The molecule has 1 N–H and O–H groups in total. The fourth-order valence-corrected chi connectivity index (χ4v) is 6.22. The molecule has 0 saturated heterocycles. The summed E-state index contributed by atoms with van der Waals surface area (Å²) in [6, 6.07) is 12.8. The second kappa shape index (κ2) is 27.3. The lowest BCUT2D eigenvalue weighted by molar-refractivity contribution is -0.139. The highest BCUT2D eigenvalue weighted by Crippen LogP contribution is 2.27. The van der Waals surface area contributed by atoms with Gasteiger partial charge in [-0.1, -0.05) is 173 Å². The van der Waals surface area contributed by atoms with Gasteiger partial charge in [-0.15, -0.1) is 0 Å². The van der Waals surface area contributed by atoms with Gasteiger partial charge in [0.05, 0.1) is 5.92 Å². The van der Waals surface area contributed by atoms with Gasteiger partial charge in [0.1, 0.15) is 11.5 Å². The minimum Gasteiger partial charge on any atom is -0.481 e. The Hall–Kier alpha value is -3.41. The van der Waals surface area contributed by atoms with Crippen LogP contribution in [0.4, 0.5) is 0 Å². The first-order valence-electron chi connectivity index (χ1n) is 19.9. The zero-order valence-electron chi connectivity index (χ0n) is 31.5. The molecule has 0 heterocycles. The lowest BCUT2D eigenvalue weighted by Crippen LogP contribution is -2.11. The van der Waals surface area contributed by atoms with Crippen molar-refractivity contribution in [2.24, 2.45) is 0 Å². The summed E-state index contributed by atoms with van der Waals surface area (Å²) in [5.41, 5.74) is 2.46. The molecule has 0 aliphatic rings. The zero-order valence-corrected chi connectivity index (χ0v) is 31.5. The molecule has 0 aromatic heterocycles. The molecule has 0 spiro atoms. The summed E-state index contributed by atoms with van der Waals surface area (Å²) >= 11 is 0. The number of hydrogen-bond acceptors (Lipinski definition) is 5. The van der Waals surface area contributed by atoms with E-state index < -0.39 is 11.9 Å². The van der Waals surface area contributed by atoms with E-state index >= 15 is 0 Å². The molecule has 278 valence electrons. The van der Waals surface area contributed by atoms with E-state index in [0.29, 0.717) is 30.8 Å². The minimum atomic E-state index is -0.783. The van der Waals surface area contributed by atoms with Crippen LogP contribution in [0.5, 0.6) is 11.5 Å². The molecule has 2 aromatic rings. The number of rotatable bonds is 29. The average molecular weight is 691 g/mol. The SMILES string of the molecule is CCCCCCCCCC(=O)Oc1cc(/C=C/c2ccc(C(CCCCCCCC)C(=O)O)cc2)cc(OC(=O)CCCCCCCCC)c1. The summed E-state index contributed by atoms with van der Waals surface area (Å²) in [5.74, 6) is -1.16. The summed E-state index contributed by atoms with van der Waals surface area (Å²) in [4.78, 5) is 37.5. The monoisotopic (exact) mass is 690 g/mol. The third-order valence-corrected chi connectivity index (χ3v) is 9.29. The Balaban J connectivity index is 2.06. The molecule has 6 nitrogen and oxygen atoms in total. The Kier molecular flexibility index (Phi) is 23.4. The molecule has 1 atom stereocenters. The van der Waals surface area contributed by atoms with Gasteiger partial charge in [-0.25, -0.2) is 0 Å². The second-order valence-corrected chi connectivity index (χ2v) is 13.9.